The molecule has 0 radical (unpaired) electrons. The van der Waals surface area contributed by atoms with Gasteiger partial charge in [-0.05, 0) is 66.7 Å². The van der Waals surface area contributed by atoms with Crippen LogP contribution in [0, 0.1) is 5.82 Å². The number of anilines is 3. The number of carbonyl (C=O) groups is 2. The number of urea groups is 1. The lowest BCUT2D eigenvalue weighted by Gasteiger charge is -2.07. The second kappa shape index (κ2) is 10.3. The molecule has 0 atom stereocenters. The molecule has 1 heterocycles. The number of amides is 3. The van der Waals surface area contributed by atoms with Crippen molar-refractivity contribution in [3.05, 3.63) is 72.5 Å². The zero-order valence-corrected chi connectivity index (χ0v) is 19.1. The number of nitrogens with zero attached hydrogens (tertiary/aromatic N) is 1. The van der Waals surface area contributed by atoms with Crippen LogP contribution in [0.1, 0.15) is 0 Å². The average molecular weight is 483 g/mol. The zero-order chi connectivity index (χ0) is 23.2. The quantitative estimate of drug-likeness (QED) is 0.289. The number of methoxy groups -OCH3 is 1. The fourth-order valence-electron chi connectivity index (χ4n) is 2.87. The summed E-state index contributed by atoms with van der Waals surface area (Å²) in [6.07, 6.45) is 0. The third-order valence-corrected chi connectivity index (χ3v) is 6.59. The minimum absolute atomic E-state index is 0.135. The van der Waals surface area contributed by atoms with E-state index in [4.69, 9.17) is 4.74 Å². The lowest BCUT2D eigenvalue weighted by Crippen LogP contribution is -2.19. The molecule has 4 aromatic rings. The molecule has 168 valence electrons. The second-order valence-electron chi connectivity index (χ2n) is 6.81. The van der Waals surface area contributed by atoms with E-state index >= 15 is 0 Å². The van der Waals surface area contributed by atoms with E-state index in [-0.39, 0.29) is 17.5 Å². The van der Waals surface area contributed by atoms with E-state index in [1.54, 1.807) is 43.5 Å². The largest absolute Gasteiger partial charge is 0.497 e. The molecular weight excluding hydrogens is 463 g/mol. The number of hydrogen-bond donors (Lipinski definition) is 3. The van der Waals surface area contributed by atoms with Gasteiger partial charge in [-0.15, -0.1) is 11.3 Å². The normalized spacial score (nSPS) is 10.6. The van der Waals surface area contributed by atoms with Gasteiger partial charge in [-0.1, -0.05) is 11.8 Å². The minimum Gasteiger partial charge on any atom is -0.497 e. The summed E-state index contributed by atoms with van der Waals surface area (Å²) in [5.41, 5.74) is 2.56. The minimum atomic E-state index is -0.435. The zero-order valence-electron chi connectivity index (χ0n) is 17.4. The molecule has 0 unspecified atom stereocenters. The van der Waals surface area contributed by atoms with Gasteiger partial charge in [0.1, 0.15) is 11.6 Å². The highest BCUT2D eigenvalue weighted by atomic mass is 32.2. The van der Waals surface area contributed by atoms with E-state index in [0.29, 0.717) is 17.1 Å². The molecule has 0 aliphatic heterocycles. The summed E-state index contributed by atoms with van der Waals surface area (Å²) in [5, 5.41) is 8.23. The van der Waals surface area contributed by atoms with E-state index in [2.05, 4.69) is 20.9 Å². The maximum atomic E-state index is 13.0. The van der Waals surface area contributed by atoms with Crippen LogP contribution < -0.4 is 20.7 Å². The van der Waals surface area contributed by atoms with Crippen molar-refractivity contribution in [2.24, 2.45) is 0 Å². The molecule has 7 nitrogen and oxygen atoms in total. The molecule has 0 saturated heterocycles. The van der Waals surface area contributed by atoms with Crippen molar-refractivity contribution in [2.75, 3.05) is 28.8 Å². The Morgan fingerprint density at radius 2 is 1.58 bits per heavy atom. The van der Waals surface area contributed by atoms with Crippen molar-refractivity contribution in [1.29, 1.82) is 0 Å². The van der Waals surface area contributed by atoms with Crippen molar-refractivity contribution >= 4 is 62.3 Å². The molecule has 0 aliphatic carbocycles. The Bertz CT molecular complexity index is 1280. The summed E-state index contributed by atoms with van der Waals surface area (Å²) in [6.45, 7) is 0. The first-order valence-electron chi connectivity index (χ1n) is 9.79. The number of benzene rings is 3. The van der Waals surface area contributed by atoms with Crippen LogP contribution in [-0.4, -0.2) is 29.8 Å². The number of ether oxygens (including phenoxy) is 1. The van der Waals surface area contributed by atoms with Crippen LogP contribution in [0.3, 0.4) is 0 Å². The van der Waals surface area contributed by atoms with Gasteiger partial charge in [0, 0.05) is 17.1 Å². The molecule has 0 saturated carbocycles. The maximum Gasteiger partial charge on any atom is 0.323 e. The second-order valence-corrected chi connectivity index (χ2v) is 9.07. The highest BCUT2D eigenvalue weighted by Crippen LogP contribution is 2.31. The first-order valence-corrected chi connectivity index (χ1v) is 11.6. The Morgan fingerprint density at radius 1 is 0.939 bits per heavy atom. The molecule has 0 aliphatic rings. The molecule has 4 rings (SSSR count). The van der Waals surface area contributed by atoms with Crippen molar-refractivity contribution in [3.8, 4) is 5.75 Å². The van der Waals surface area contributed by atoms with Crippen molar-refractivity contribution in [1.82, 2.24) is 4.98 Å². The highest BCUT2D eigenvalue weighted by molar-refractivity contribution is 8.01. The van der Waals surface area contributed by atoms with Gasteiger partial charge in [0.2, 0.25) is 5.91 Å². The van der Waals surface area contributed by atoms with Gasteiger partial charge in [-0.25, -0.2) is 14.2 Å². The monoisotopic (exact) mass is 482 g/mol. The lowest BCUT2D eigenvalue weighted by molar-refractivity contribution is -0.113. The Labute approximate surface area is 197 Å². The highest BCUT2D eigenvalue weighted by Gasteiger charge is 2.10. The summed E-state index contributed by atoms with van der Waals surface area (Å²) in [4.78, 5) is 29.0. The Balaban J connectivity index is 1.32. The lowest BCUT2D eigenvalue weighted by atomic mass is 10.3. The predicted molar refractivity (Wildman–Crippen MR) is 131 cm³/mol. The summed E-state index contributed by atoms with van der Waals surface area (Å²) in [7, 11) is 1.59. The standard InChI is InChI=1S/C23H19FN4O3S2/c1-31-18-9-6-15(7-10-18)25-21(29)13-32-23-28-19-11-8-17(12-20(19)33-23)27-22(30)26-16-4-2-14(24)3-5-16/h2-12H,13H2,1H3,(H,25,29)(H2,26,27,30). The van der Waals surface area contributed by atoms with Crippen molar-refractivity contribution in [2.45, 2.75) is 4.34 Å². The van der Waals surface area contributed by atoms with Crippen LogP contribution in [-0.2, 0) is 4.79 Å². The van der Waals surface area contributed by atoms with Crippen LogP contribution in [0.5, 0.6) is 5.75 Å². The molecule has 0 bridgehead atoms. The number of thiazole rings is 1. The number of rotatable bonds is 7. The number of thioether (sulfide) groups is 1. The maximum absolute atomic E-state index is 13.0. The molecule has 3 amide bonds. The number of halogens is 1. The van der Waals surface area contributed by atoms with Gasteiger partial charge in [-0.3, -0.25) is 4.79 Å². The molecule has 0 fully saturated rings. The van der Waals surface area contributed by atoms with Gasteiger partial charge in [0.15, 0.2) is 4.34 Å². The predicted octanol–water partition coefficient (Wildman–Crippen LogP) is 5.82. The van der Waals surface area contributed by atoms with Crippen LogP contribution in [0.4, 0.5) is 26.2 Å². The summed E-state index contributed by atoms with van der Waals surface area (Å²) < 4.78 is 19.7. The van der Waals surface area contributed by atoms with Crippen molar-refractivity contribution in [3.63, 3.8) is 0 Å². The molecular formula is C23H19FN4O3S2. The third-order valence-electron chi connectivity index (χ3n) is 4.43. The van der Waals surface area contributed by atoms with Gasteiger partial charge in [0.25, 0.3) is 0 Å². The van der Waals surface area contributed by atoms with Gasteiger partial charge in [-0.2, -0.15) is 0 Å². The fraction of sp³-hybridized carbons (Fsp3) is 0.0870. The topological polar surface area (TPSA) is 92.3 Å². The fourth-order valence-corrected chi connectivity index (χ4v) is 4.78. The number of aromatic nitrogens is 1. The van der Waals surface area contributed by atoms with Gasteiger partial charge < -0.3 is 20.7 Å². The van der Waals surface area contributed by atoms with Crippen LogP contribution in [0.2, 0.25) is 0 Å². The molecule has 3 N–H and O–H groups in total. The van der Waals surface area contributed by atoms with Crippen LogP contribution in [0.25, 0.3) is 10.2 Å². The van der Waals surface area contributed by atoms with Crippen LogP contribution in [0.15, 0.2) is 71.1 Å². The van der Waals surface area contributed by atoms with Gasteiger partial charge in [0.05, 0.1) is 23.1 Å². The van der Waals surface area contributed by atoms with E-state index in [9.17, 15) is 14.0 Å². The van der Waals surface area contributed by atoms with Crippen molar-refractivity contribution < 1.29 is 18.7 Å². The van der Waals surface area contributed by atoms with E-state index < -0.39 is 6.03 Å². The summed E-state index contributed by atoms with van der Waals surface area (Å²) in [5.74, 6) is 0.434. The third kappa shape index (κ3) is 6.21. The number of carbonyl (C=O) groups excluding carboxylic acids is 2. The molecule has 0 spiro atoms. The van der Waals surface area contributed by atoms with E-state index in [0.717, 1.165) is 20.3 Å². The summed E-state index contributed by atoms with van der Waals surface area (Å²) >= 11 is 2.78. The average Bonchev–Trinajstić information content (AvgIpc) is 3.22. The number of hydrogen-bond acceptors (Lipinski definition) is 6. The SMILES string of the molecule is COc1ccc(NC(=O)CSc2nc3ccc(NC(=O)Nc4ccc(F)cc4)cc3s2)cc1. The Kier molecular flexibility index (Phi) is 7.06. The molecule has 1 aromatic heterocycles. The van der Waals surface area contributed by atoms with Gasteiger partial charge >= 0.3 is 6.03 Å². The number of fused-ring (bicyclic) bond motifs is 1. The smallest absolute Gasteiger partial charge is 0.323 e. The number of nitrogens with one attached hydrogen (secondary N) is 3. The van der Waals surface area contributed by atoms with E-state index in [1.165, 1.54) is 47.4 Å². The van der Waals surface area contributed by atoms with E-state index in [1.807, 2.05) is 6.07 Å². The van der Waals surface area contributed by atoms with Crippen LogP contribution >= 0.6 is 23.1 Å². The molecule has 3 aromatic carbocycles. The Hall–Kier alpha value is -3.63. The Morgan fingerprint density at radius 3 is 2.30 bits per heavy atom. The summed E-state index contributed by atoms with van der Waals surface area (Å²) in [6, 6.07) is 17.6. The first kappa shape index (κ1) is 22.6. The molecule has 10 heteroatoms. The molecule has 33 heavy (non-hydrogen) atoms. The first-order chi connectivity index (χ1) is 16.0.